The highest BCUT2D eigenvalue weighted by molar-refractivity contribution is 5.36. The van der Waals surface area contributed by atoms with Crippen LogP contribution in [0.2, 0.25) is 0 Å². The van der Waals surface area contributed by atoms with Crippen LogP contribution in [-0.4, -0.2) is 22.9 Å². The molecule has 1 heterocycles. The summed E-state index contributed by atoms with van der Waals surface area (Å²) < 4.78 is 14.0. The lowest BCUT2D eigenvalue weighted by Gasteiger charge is -2.34. The Bertz CT molecular complexity index is 560. The fraction of sp³-hybridized carbons (Fsp3) is 0.500. The van der Waals surface area contributed by atoms with Crippen molar-refractivity contribution in [2.45, 2.75) is 26.3 Å². The van der Waals surface area contributed by atoms with Gasteiger partial charge in [0.25, 0.3) is 0 Å². The first-order valence-corrected chi connectivity index (χ1v) is 6.50. The maximum Gasteiger partial charge on any atom is 0.305 e. The molecule has 1 aromatic carbocycles. The molecule has 2 rings (SSSR count). The van der Waals surface area contributed by atoms with Crippen LogP contribution < -0.4 is 0 Å². The largest absolute Gasteiger partial charge is 0.305 e. The van der Waals surface area contributed by atoms with E-state index in [1.54, 1.807) is 6.07 Å². The Morgan fingerprint density at radius 2 is 2.15 bits per heavy atom. The maximum absolute atomic E-state index is 14.0. The lowest BCUT2D eigenvalue weighted by Crippen LogP contribution is -2.37. The lowest BCUT2D eigenvalue weighted by atomic mass is 9.82. The minimum Gasteiger partial charge on any atom is -0.299 e. The molecule has 1 aliphatic heterocycles. The Hall–Kier alpha value is -2.00. The van der Waals surface area contributed by atoms with Crippen LogP contribution in [0.5, 0.6) is 0 Å². The highest BCUT2D eigenvalue weighted by Crippen LogP contribution is 2.31. The molecular weight excluding hydrogens is 261 g/mol. The Morgan fingerprint density at radius 1 is 1.50 bits per heavy atom. The van der Waals surface area contributed by atoms with Crippen molar-refractivity contribution in [3.8, 4) is 6.07 Å². The van der Waals surface area contributed by atoms with E-state index in [-0.39, 0.29) is 5.41 Å². The smallest absolute Gasteiger partial charge is 0.299 e. The van der Waals surface area contributed by atoms with Crippen LogP contribution in [0.4, 0.5) is 10.1 Å². The Balaban J connectivity index is 2.07. The van der Waals surface area contributed by atoms with E-state index in [0.29, 0.717) is 25.2 Å². The van der Waals surface area contributed by atoms with Gasteiger partial charge in [-0.2, -0.15) is 9.65 Å². The number of rotatable bonds is 3. The molecule has 1 aliphatic rings. The van der Waals surface area contributed by atoms with Crippen LogP contribution in [0, 0.1) is 32.7 Å². The molecule has 0 aliphatic carbocycles. The number of likely N-dealkylation sites (tertiary alicyclic amines) is 1. The van der Waals surface area contributed by atoms with Crippen molar-refractivity contribution in [2.75, 3.05) is 13.1 Å². The zero-order valence-corrected chi connectivity index (χ0v) is 11.3. The van der Waals surface area contributed by atoms with Crippen molar-refractivity contribution in [1.82, 2.24) is 4.90 Å². The third-order valence-corrected chi connectivity index (χ3v) is 3.88. The second kappa shape index (κ2) is 5.55. The number of nitriles is 1. The average molecular weight is 277 g/mol. The molecule has 0 atom stereocenters. The third-order valence-electron chi connectivity index (χ3n) is 3.88. The molecule has 0 unspecified atom stereocenters. The van der Waals surface area contributed by atoms with Crippen LogP contribution in [-0.2, 0) is 6.54 Å². The lowest BCUT2D eigenvalue weighted by molar-refractivity contribution is -0.387. The summed E-state index contributed by atoms with van der Waals surface area (Å²) >= 11 is 0. The molecule has 0 bridgehead atoms. The SMILES string of the molecule is CC1(C#N)CCN(Cc2cccc([N+](=O)[O-])c2F)CC1. The molecule has 1 aromatic rings. The minimum absolute atomic E-state index is 0.308. The molecule has 6 heteroatoms. The fourth-order valence-electron chi connectivity index (χ4n) is 2.39. The Kier molecular flexibility index (Phi) is 4.00. The standard InChI is InChI=1S/C14H16FN3O2/c1-14(10-16)5-7-17(8-6-14)9-11-3-2-4-12(13(11)15)18(19)20/h2-4H,5-9H2,1H3. The summed E-state index contributed by atoms with van der Waals surface area (Å²) in [5.74, 6) is -0.758. The summed E-state index contributed by atoms with van der Waals surface area (Å²) in [6.45, 7) is 3.67. The molecular formula is C14H16FN3O2. The van der Waals surface area contributed by atoms with Crippen molar-refractivity contribution in [3.05, 3.63) is 39.7 Å². The second-order valence-electron chi connectivity index (χ2n) is 5.46. The summed E-state index contributed by atoms with van der Waals surface area (Å²) in [6.07, 6.45) is 1.47. The summed E-state index contributed by atoms with van der Waals surface area (Å²) in [7, 11) is 0. The molecule has 20 heavy (non-hydrogen) atoms. The topological polar surface area (TPSA) is 70.2 Å². The number of hydrogen-bond donors (Lipinski definition) is 0. The highest BCUT2D eigenvalue weighted by Gasteiger charge is 2.30. The molecule has 0 radical (unpaired) electrons. The first-order chi connectivity index (χ1) is 9.45. The number of nitrogens with zero attached hydrogens (tertiary/aromatic N) is 3. The van der Waals surface area contributed by atoms with E-state index >= 15 is 0 Å². The molecule has 0 N–H and O–H groups in total. The van der Waals surface area contributed by atoms with E-state index < -0.39 is 16.4 Å². The number of hydrogen-bond acceptors (Lipinski definition) is 4. The van der Waals surface area contributed by atoms with Gasteiger partial charge in [0, 0.05) is 18.2 Å². The predicted octanol–water partition coefficient (Wildman–Crippen LogP) is 2.86. The van der Waals surface area contributed by atoms with E-state index in [1.165, 1.54) is 12.1 Å². The number of benzene rings is 1. The van der Waals surface area contributed by atoms with E-state index in [1.807, 2.05) is 11.8 Å². The Morgan fingerprint density at radius 3 is 2.70 bits per heavy atom. The van der Waals surface area contributed by atoms with Gasteiger partial charge in [0.2, 0.25) is 5.82 Å². The quantitative estimate of drug-likeness (QED) is 0.629. The summed E-state index contributed by atoms with van der Waals surface area (Å²) in [5.41, 5.74) is -0.460. The summed E-state index contributed by atoms with van der Waals surface area (Å²) in [6, 6.07) is 6.55. The average Bonchev–Trinajstić information content (AvgIpc) is 2.43. The van der Waals surface area contributed by atoms with Gasteiger partial charge < -0.3 is 0 Å². The zero-order chi connectivity index (χ0) is 14.8. The number of piperidine rings is 1. The van der Waals surface area contributed by atoms with E-state index in [9.17, 15) is 14.5 Å². The van der Waals surface area contributed by atoms with Gasteiger partial charge >= 0.3 is 5.69 Å². The van der Waals surface area contributed by atoms with Crippen LogP contribution in [0.25, 0.3) is 0 Å². The first-order valence-electron chi connectivity index (χ1n) is 6.50. The van der Waals surface area contributed by atoms with Gasteiger partial charge in [-0.25, -0.2) is 0 Å². The van der Waals surface area contributed by atoms with Crippen molar-refractivity contribution >= 4 is 5.69 Å². The molecule has 1 fully saturated rings. The third kappa shape index (κ3) is 2.94. The molecule has 106 valence electrons. The zero-order valence-electron chi connectivity index (χ0n) is 11.3. The van der Waals surface area contributed by atoms with Crippen molar-refractivity contribution in [3.63, 3.8) is 0 Å². The number of nitro benzene ring substituents is 1. The van der Waals surface area contributed by atoms with Crippen molar-refractivity contribution < 1.29 is 9.31 Å². The molecule has 1 saturated heterocycles. The van der Waals surface area contributed by atoms with Crippen LogP contribution in [0.1, 0.15) is 25.3 Å². The van der Waals surface area contributed by atoms with E-state index in [0.717, 1.165) is 12.8 Å². The van der Waals surface area contributed by atoms with Gasteiger partial charge in [0.05, 0.1) is 16.4 Å². The fourth-order valence-corrected chi connectivity index (χ4v) is 2.39. The van der Waals surface area contributed by atoms with Crippen molar-refractivity contribution in [2.24, 2.45) is 5.41 Å². The normalized spacial score (nSPS) is 18.4. The van der Waals surface area contributed by atoms with Crippen molar-refractivity contribution in [1.29, 1.82) is 5.26 Å². The molecule has 0 saturated carbocycles. The van der Waals surface area contributed by atoms with Gasteiger partial charge in [-0.05, 0) is 32.9 Å². The van der Waals surface area contributed by atoms with Crippen LogP contribution in [0.15, 0.2) is 18.2 Å². The molecule has 5 nitrogen and oxygen atoms in total. The van der Waals surface area contributed by atoms with E-state index in [4.69, 9.17) is 5.26 Å². The van der Waals surface area contributed by atoms with Gasteiger partial charge in [0.1, 0.15) is 0 Å². The highest BCUT2D eigenvalue weighted by atomic mass is 19.1. The molecule has 0 spiro atoms. The first kappa shape index (κ1) is 14.4. The van der Waals surface area contributed by atoms with Crippen LogP contribution >= 0.6 is 0 Å². The maximum atomic E-state index is 14.0. The number of nitro groups is 1. The summed E-state index contributed by atoms with van der Waals surface area (Å²) in [4.78, 5) is 12.0. The summed E-state index contributed by atoms with van der Waals surface area (Å²) in [5, 5.41) is 19.8. The predicted molar refractivity (Wildman–Crippen MR) is 71.3 cm³/mol. The monoisotopic (exact) mass is 277 g/mol. The second-order valence-corrected chi connectivity index (χ2v) is 5.46. The minimum atomic E-state index is -0.758. The molecule has 0 aromatic heterocycles. The van der Waals surface area contributed by atoms with Gasteiger partial charge in [-0.1, -0.05) is 12.1 Å². The number of halogens is 1. The van der Waals surface area contributed by atoms with Gasteiger partial charge in [-0.3, -0.25) is 15.0 Å². The van der Waals surface area contributed by atoms with Gasteiger partial charge in [-0.15, -0.1) is 0 Å². The van der Waals surface area contributed by atoms with E-state index in [2.05, 4.69) is 6.07 Å². The van der Waals surface area contributed by atoms with Gasteiger partial charge in [0.15, 0.2) is 0 Å². The Labute approximate surface area is 116 Å². The van der Waals surface area contributed by atoms with Crippen LogP contribution in [0.3, 0.4) is 0 Å². The molecule has 0 amide bonds.